The summed E-state index contributed by atoms with van der Waals surface area (Å²) < 4.78 is 10.6. The zero-order valence-electron chi connectivity index (χ0n) is 11.4. The molecule has 0 aliphatic rings. The van der Waals surface area contributed by atoms with Crippen LogP contribution in [0.1, 0.15) is 13.8 Å². The smallest absolute Gasteiger partial charge is 0.206 e. The van der Waals surface area contributed by atoms with Crippen LogP contribution < -0.4 is 14.8 Å². The van der Waals surface area contributed by atoms with Gasteiger partial charge in [0.05, 0.1) is 19.8 Å². The molecule has 0 radical (unpaired) electrons. The molecular formula is C13H17N3O2S. The van der Waals surface area contributed by atoms with E-state index in [1.807, 2.05) is 18.2 Å². The zero-order valence-corrected chi connectivity index (χ0v) is 12.2. The molecule has 2 aromatic rings. The fraction of sp³-hybridized carbons (Fsp3) is 0.385. The molecule has 0 saturated carbocycles. The van der Waals surface area contributed by atoms with Crippen molar-refractivity contribution in [3.8, 4) is 22.1 Å². The van der Waals surface area contributed by atoms with Crippen LogP contribution in [0.4, 0.5) is 5.13 Å². The first kappa shape index (κ1) is 13.6. The number of nitrogens with zero attached hydrogens (tertiary/aromatic N) is 2. The molecular weight excluding hydrogens is 262 g/mol. The van der Waals surface area contributed by atoms with Gasteiger partial charge in [0.25, 0.3) is 0 Å². The summed E-state index contributed by atoms with van der Waals surface area (Å²) in [6.45, 7) is 4.13. The third-order valence-corrected chi connectivity index (χ3v) is 3.36. The number of aromatic nitrogens is 2. The van der Waals surface area contributed by atoms with Gasteiger partial charge in [-0.05, 0) is 26.0 Å². The Bertz CT molecular complexity index is 555. The molecule has 0 spiro atoms. The lowest BCUT2D eigenvalue weighted by Gasteiger charge is -2.07. The molecule has 0 unspecified atom stereocenters. The van der Waals surface area contributed by atoms with Crippen molar-refractivity contribution in [2.24, 2.45) is 0 Å². The first-order valence-electron chi connectivity index (χ1n) is 5.96. The number of anilines is 1. The molecule has 102 valence electrons. The second-order valence-electron chi connectivity index (χ2n) is 4.28. The molecule has 5 nitrogen and oxygen atoms in total. The summed E-state index contributed by atoms with van der Waals surface area (Å²) in [6.07, 6.45) is 0. The van der Waals surface area contributed by atoms with E-state index >= 15 is 0 Å². The van der Waals surface area contributed by atoms with E-state index in [0.29, 0.717) is 6.04 Å². The highest BCUT2D eigenvalue weighted by molar-refractivity contribution is 7.18. The third kappa shape index (κ3) is 3.14. The van der Waals surface area contributed by atoms with Crippen LogP contribution >= 0.6 is 11.3 Å². The van der Waals surface area contributed by atoms with Gasteiger partial charge in [-0.1, -0.05) is 11.3 Å². The van der Waals surface area contributed by atoms with Gasteiger partial charge in [0, 0.05) is 12.1 Å². The molecule has 0 aliphatic heterocycles. The van der Waals surface area contributed by atoms with Gasteiger partial charge in [-0.2, -0.15) is 0 Å². The minimum Gasteiger partial charge on any atom is -0.497 e. The Hall–Kier alpha value is -1.82. The van der Waals surface area contributed by atoms with Crippen molar-refractivity contribution in [1.29, 1.82) is 0 Å². The van der Waals surface area contributed by atoms with E-state index in [9.17, 15) is 0 Å². The van der Waals surface area contributed by atoms with Crippen LogP contribution in [-0.4, -0.2) is 30.5 Å². The van der Waals surface area contributed by atoms with Gasteiger partial charge in [0.1, 0.15) is 11.5 Å². The van der Waals surface area contributed by atoms with Gasteiger partial charge in [-0.3, -0.25) is 0 Å². The van der Waals surface area contributed by atoms with Gasteiger partial charge in [0.2, 0.25) is 5.13 Å². The van der Waals surface area contributed by atoms with Crippen LogP contribution in [0.15, 0.2) is 18.2 Å². The van der Waals surface area contributed by atoms with Crippen molar-refractivity contribution in [2.75, 3.05) is 19.5 Å². The lowest BCUT2D eigenvalue weighted by atomic mass is 10.2. The van der Waals surface area contributed by atoms with Crippen molar-refractivity contribution in [2.45, 2.75) is 19.9 Å². The third-order valence-electron chi connectivity index (χ3n) is 2.48. The minimum absolute atomic E-state index is 0.332. The van der Waals surface area contributed by atoms with Crippen LogP contribution in [0.5, 0.6) is 11.5 Å². The van der Waals surface area contributed by atoms with Crippen LogP contribution in [0.2, 0.25) is 0 Å². The second kappa shape index (κ2) is 5.88. The maximum Gasteiger partial charge on any atom is 0.206 e. The van der Waals surface area contributed by atoms with Crippen LogP contribution in [0, 0.1) is 0 Å². The number of hydrogen-bond donors (Lipinski definition) is 1. The number of benzene rings is 1. The molecule has 6 heteroatoms. The highest BCUT2D eigenvalue weighted by Gasteiger charge is 2.13. The Morgan fingerprint density at radius 2 is 1.95 bits per heavy atom. The quantitative estimate of drug-likeness (QED) is 0.911. The molecule has 0 amide bonds. The summed E-state index contributed by atoms with van der Waals surface area (Å²) in [4.78, 5) is 0. The average molecular weight is 279 g/mol. The molecule has 0 saturated heterocycles. The number of rotatable bonds is 5. The van der Waals surface area contributed by atoms with E-state index in [1.54, 1.807) is 14.2 Å². The Morgan fingerprint density at radius 1 is 1.16 bits per heavy atom. The Kier molecular flexibility index (Phi) is 4.21. The van der Waals surface area contributed by atoms with Crippen molar-refractivity contribution >= 4 is 16.5 Å². The summed E-state index contributed by atoms with van der Waals surface area (Å²) in [5.74, 6) is 1.48. The van der Waals surface area contributed by atoms with Gasteiger partial charge in [-0.15, -0.1) is 10.2 Å². The second-order valence-corrected chi connectivity index (χ2v) is 5.26. The maximum absolute atomic E-state index is 5.37. The highest BCUT2D eigenvalue weighted by atomic mass is 32.1. The number of nitrogens with one attached hydrogen (secondary N) is 1. The summed E-state index contributed by atoms with van der Waals surface area (Å²) in [5, 5.41) is 13.2. The highest BCUT2D eigenvalue weighted by Crippen LogP contribution is 2.35. The summed E-state index contributed by atoms with van der Waals surface area (Å²) in [6, 6.07) is 5.98. The molecule has 1 heterocycles. The predicted molar refractivity (Wildman–Crippen MR) is 77.2 cm³/mol. The standard InChI is InChI=1S/C13H17N3O2S/c1-8(2)14-13-16-15-12(19-13)10-6-5-9(17-3)7-11(10)18-4/h5-8H,1-4H3,(H,14,16). The van der Waals surface area contributed by atoms with Crippen LogP contribution in [0.3, 0.4) is 0 Å². The molecule has 1 aromatic carbocycles. The molecule has 1 N–H and O–H groups in total. The molecule has 0 bridgehead atoms. The Labute approximate surface area is 116 Å². The summed E-state index contributed by atoms with van der Waals surface area (Å²) in [7, 11) is 3.26. The molecule has 0 aliphatic carbocycles. The number of hydrogen-bond acceptors (Lipinski definition) is 6. The SMILES string of the molecule is COc1ccc(-c2nnc(NC(C)C)s2)c(OC)c1. The average Bonchev–Trinajstić information content (AvgIpc) is 2.85. The van der Waals surface area contributed by atoms with E-state index < -0.39 is 0 Å². The maximum atomic E-state index is 5.37. The predicted octanol–water partition coefficient (Wildman–Crippen LogP) is 3.04. The topological polar surface area (TPSA) is 56.3 Å². The molecule has 1 aromatic heterocycles. The summed E-state index contributed by atoms with van der Waals surface area (Å²) >= 11 is 1.50. The summed E-state index contributed by atoms with van der Waals surface area (Å²) in [5.41, 5.74) is 0.914. The van der Waals surface area contributed by atoms with Crippen molar-refractivity contribution < 1.29 is 9.47 Å². The minimum atomic E-state index is 0.332. The largest absolute Gasteiger partial charge is 0.497 e. The molecule has 19 heavy (non-hydrogen) atoms. The lowest BCUT2D eigenvalue weighted by Crippen LogP contribution is -2.08. The lowest BCUT2D eigenvalue weighted by molar-refractivity contribution is 0.395. The fourth-order valence-electron chi connectivity index (χ4n) is 1.61. The van der Waals surface area contributed by atoms with E-state index in [0.717, 1.165) is 27.2 Å². The van der Waals surface area contributed by atoms with Crippen molar-refractivity contribution in [3.05, 3.63) is 18.2 Å². The normalized spacial score (nSPS) is 10.6. The van der Waals surface area contributed by atoms with E-state index in [-0.39, 0.29) is 0 Å². The van der Waals surface area contributed by atoms with Gasteiger partial charge in [-0.25, -0.2) is 0 Å². The van der Waals surface area contributed by atoms with Gasteiger partial charge >= 0.3 is 0 Å². The zero-order chi connectivity index (χ0) is 13.8. The first-order valence-corrected chi connectivity index (χ1v) is 6.78. The first-order chi connectivity index (χ1) is 9.13. The Balaban J connectivity index is 2.33. The number of ether oxygens (including phenoxy) is 2. The van der Waals surface area contributed by atoms with E-state index in [1.165, 1.54) is 11.3 Å². The Morgan fingerprint density at radius 3 is 2.58 bits per heavy atom. The molecule has 0 atom stereocenters. The monoisotopic (exact) mass is 279 g/mol. The van der Waals surface area contributed by atoms with Gasteiger partial charge < -0.3 is 14.8 Å². The fourth-order valence-corrected chi connectivity index (χ4v) is 2.53. The molecule has 0 fully saturated rings. The molecule has 2 rings (SSSR count). The van der Waals surface area contributed by atoms with E-state index in [4.69, 9.17) is 9.47 Å². The van der Waals surface area contributed by atoms with Crippen LogP contribution in [0.25, 0.3) is 10.6 Å². The van der Waals surface area contributed by atoms with Crippen LogP contribution in [-0.2, 0) is 0 Å². The number of methoxy groups -OCH3 is 2. The van der Waals surface area contributed by atoms with Crippen molar-refractivity contribution in [1.82, 2.24) is 10.2 Å². The van der Waals surface area contributed by atoms with Gasteiger partial charge in [0.15, 0.2) is 5.01 Å². The van der Waals surface area contributed by atoms with E-state index in [2.05, 4.69) is 29.4 Å². The van der Waals surface area contributed by atoms with Crippen molar-refractivity contribution in [3.63, 3.8) is 0 Å².